The lowest BCUT2D eigenvalue weighted by Gasteiger charge is -1.87. The van der Waals surface area contributed by atoms with E-state index in [4.69, 9.17) is 0 Å². The van der Waals surface area contributed by atoms with Crippen LogP contribution in [-0.2, 0) is 4.84 Å². The summed E-state index contributed by atoms with van der Waals surface area (Å²) in [7, 11) is 0. The minimum atomic E-state index is 0.660. The van der Waals surface area contributed by atoms with Gasteiger partial charge in [-0.15, -0.1) is 0 Å². The Labute approximate surface area is 42.4 Å². The van der Waals surface area contributed by atoms with Gasteiger partial charge in [0.25, 0.3) is 0 Å². The molecule has 0 fully saturated rings. The third kappa shape index (κ3) is 1.41. The monoisotopic (exact) mass is 96.0 g/mol. The number of allylic oxidation sites excluding steroid dienone is 2. The highest BCUT2D eigenvalue weighted by molar-refractivity contribution is 5.01. The minimum absolute atomic E-state index is 0.660. The van der Waals surface area contributed by atoms with Crippen LogP contribution in [0.3, 0.4) is 0 Å². The lowest BCUT2D eigenvalue weighted by atomic mass is 10.5. The molecule has 0 aliphatic carbocycles. The first-order valence-corrected chi connectivity index (χ1v) is 2.14. The van der Waals surface area contributed by atoms with Crippen molar-refractivity contribution in [2.75, 3.05) is 6.54 Å². The summed E-state index contributed by atoms with van der Waals surface area (Å²) in [6, 6.07) is 0. The molecule has 1 aliphatic heterocycles. The molecule has 0 bridgehead atoms. The lowest BCUT2D eigenvalue weighted by molar-refractivity contribution is 0.137. The molecule has 0 aromatic heterocycles. The van der Waals surface area contributed by atoms with E-state index in [0.717, 1.165) is 0 Å². The van der Waals surface area contributed by atoms with Gasteiger partial charge in [0.2, 0.25) is 0 Å². The predicted octanol–water partition coefficient (Wildman–Crippen LogP) is 0.606. The van der Waals surface area contributed by atoms with Crippen LogP contribution in [0.4, 0.5) is 0 Å². The van der Waals surface area contributed by atoms with Gasteiger partial charge in [0.1, 0.15) is 6.26 Å². The van der Waals surface area contributed by atoms with E-state index in [1.54, 1.807) is 12.3 Å². The first-order chi connectivity index (χ1) is 3.50. The van der Waals surface area contributed by atoms with Crippen molar-refractivity contribution >= 4 is 0 Å². The van der Waals surface area contributed by atoms with E-state index in [-0.39, 0.29) is 0 Å². The maximum absolute atomic E-state index is 4.58. The molecule has 0 saturated carbocycles. The maximum atomic E-state index is 4.58. The van der Waals surface area contributed by atoms with Crippen molar-refractivity contribution in [1.29, 1.82) is 0 Å². The predicted molar refractivity (Wildman–Crippen MR) is 26.4 cm³/mol. The summed E-state index contributed by atoms with van der Waals surface area (Å²) in [4.78, 5) is 4.58. The summed E-state index contributed by atoms with van der Waals surface area (Å²) in [5.41, 5.74) is 3.60. The van der Waals surface area contributed by atoms with Gasteiger partial charge in [0.05, 0.1) is 6.54 Å². The van der Waals surface area contributed by atoms with E-state index in [9.17, 15) is 0 Å². The van der Waals surface area contributed by atoms with Crippen molar-refractivity contribution in [3.05, 3.63) is 24.5 Å². The van der Waals surface area contributed by atoms with E-state index in [2.05, 4.69) is 10.3 Å². The van der Waals surface area contributed by atoms with E-state index >= 15 is 0 Å². The largest absolute Gasteiger partial charge is 0.396 e. The van der Waals surface area contributed by atoms with Crippen molar-refractivity contribution in [2.45, 2.75) is 0 Å². The molecule has 1 heterocycles. The van der Waals surface area contributed by atoms with Crippen molar-refractivity contribution in [3.63, 3.8) is 0 Å². The van der Waals surface area contributed by atoms with Gasteiger partial charge in [0.15, 0.2) is 0 Å². The summed E-state index contributed by atoms with van der Waals surface area (Å²) >= 11 is 0. The van der Waals surface area contributed by atoms with Crippen molar-refractivity contribution in [2.24, 2.45) is 0 Å². The molecule has 0 aromatic rings. The van der Waals surface area contributed by atoms with Gasteiger partial charge in [-0.25, -0.2) is 0 Å². The van der Waals surface area contributed by atoms with Crippen LogP contribution in [0.25, 0.3) is 0 Å². The topological polar surface area (TPSA) is 23.3 Å². The molecule has 0 amide bonds. The Balaban J connectivity index is 2.39. The quantitative estimate of drug-likeness (QED) is 0.433. The summed E-state index contributed by atoms with van der Waals surface area (Å²) in [6.07, 6.45) is 7.17. The summed E-state index contributed by atoms with van der Waals surface area (Å²) in [5.74, 6) is 0. The number of hydrogen-bond acceptors (Lipinski definition) is 1. The Morgan fingerprint density at radius 3 is 3.43 bits per heavy atom. The maximum Gasteiger partial charge on any atom is 0.113 e. The highest BCUT2D eigenvalue weighted by Crippen LogP contribution is 1.83. The van der Waals surface area contributed by atoms with E-state index in [1.807, 2.05) is 12.2 Å². The van der Waals surface area contributed by atoms with Crippen molar-refractivity contribution in [1.82, 2.24) is 5.48 Å². The molecule has 1 radical (unpaired) electrons. The third-order valence-corrected chi connectivity index (χ3v) is 0.641. The van der Waals surface area contributed by atoms with Gasteiger partial charge < -0.3 is 4.84 Å². The number of hydroxylamine groups is 1. The summed E-state index contributed by atoms with van der Waals surface area (Å²) in [6.45, 7) is 0.660. The first-order valence-electron chi connectivity index (χ1n) is 2.14. The molecular formula is C5H6NO. The van der Waals surface area contributed by atoms with Crippen LogP contribution in [0.1, 0.15) is 0 Å². The van der Waals surface area contributed by atoms with Crippen molar-refractivity contribution < 1.29 is 4.84 Å². The fraction of sp³-hybridized carbons (Fsp3) is 0.200. The minimum Gasteiger partial charge on any atom is -0.396 e. The standard InChI is InChI=1S/C5H6NO/c1-2-4-6-7-5-3-1/h1-3,5H,4H2. The van der Waals surface area contributed by atoms with Crippen LogP contribution >= 0.6 is 0 Å². The second-order valence-corrected chi connectivity index (χ2v) is 1.17. The van der Waals surface area contributed by atoms with Crippen LogP contribution in [0.15, 0.2) is 24.5 Å². The Hall–Kier alpha value is -0.760. The molecular weight excluding hydrogens is 90.1 g/mol. The molecule has 0 aromatic carbocycles. The van der Waals surface area contributed by atoms with E-state index in [0.29, 0.717) is 6.54 Å². The number of nitrogens with zero attached hydrogens (tertiary/aromatic N) is 1. The molecule has 2 heteroatoms. The molecule has 0 unspecified atom stereocenters. The Morgan fingerprint density at radius 1 is 1.43 bits per heavy atom. The fourth-order valence-electron chi connectivity index (χ4n) is 0.349. The van der Waals surface area contributed by atoms with Crippen LogP contribution in [0.5, 0.6) is 0 Å². The average molecular weight is 96.1 g/mol. The van der Waals surface area contributed by atoms with Crippen LogP contribution in [-0.4, -0.2) is 6.54 Å². The molecule has 1 aliphatic rings. The molecule has 0 N–H and O–H groups in total. The zero-order chi connectivity index (χ0) is 4.95. The van der Waals surface area contributed by atoms with Crippen LogP contribution in [0, 0.1) is 0 Å². The van der Waals surface area contributed by atoms with Gasteiger partial charge in [-0.05, 0) is 11.6 Å². The number of rotatable bonds is 0. The molecule has 7 heavy (non-hydrogen) atoms. The van der Waals surface area contributed by atoms with Crippen molar-refractivity contribution in [3.8, 4) is 0 Å². The molecule has 2 nitrogen and oxygen atoms in total. The van der Waals surface area contributed by atoms with Gasteiger partial charge in [-0.3, -0.25) is 0 Å². The van der Waals surface area contributed by atoms with Gasteiger partial charge in [-0.1, -0.05) is 12.2 Å². The highest BCUT2D eigenvalue weighted by Gasteiger charge is 1.80. The Bertz CT molecular complexity index is 84.3. The Morgan fingerprint density at radius 2 is 2.43 bits per heavy atom. The van der Waals surface area contributed by atoms with Gasteiger partial charge >= 0.3 is 0 Å². The summed E-state index contributed by atoms with van der Waals surface area (Å²) in [5, 5.41) is 0. The second-order valence-electron chi connectivity index (χ2n) is 1.17. The lowest BCUT2D eigenvalue weighted by Crippen LogP contribution is -1.98. The average Bonchev–Trinajstić information content (AvgIpc) is 1.90. The zero-order valence-electron chi connectivity index (χ0n) is 3.87. The van der Waals surface area contributed by atoms with Gasteiger partial charge in [0, 0.05) is 0 Å². The molecule has 0 saturated heterocycles. The normalized spacial score (nSPS) is 18.3. The van der Waals surface area contributed by atoms with Crippen LogP contribution < -0.4 is 5.48 Å². The van der Waals surface area contributed by atoms with E-state index < -0.39 is 0 Å². The first kappa shape index (κ1) is 4.40. The molecule has 0 atom stereocenters. The van der Waals surface area contributed by atoms with Gasteiger partial charge in [-0.2, -0.15) is 0 Å². The molecule has 37 valence electrons. The zero-order valence-corrected chi connectivity index (χ0v) is 3.87. The molecule has 1 rings (SSSR count). The second kappa shape index (κ2) is 2.42. The smallest absolute Gasteiger partial charge is 0.113 e. The fourth-order valence-corrected chi connectivity index (χ4v) is 0.349. The number of hydrogen-bond donors (Lipinski definition) is 0. The Kier molecular flexibility index (Phi) is 1.52. The van der Waals surface area contributed by atoms with E-state index in [1.165, 1.54) is 0 Å². The van der Waals surface area contributed by atoms with Crippen LogP contribution in [0.2, 0.25) is 0 Å². The highest BCUT2D eigenvalue weighted by atomic mass is 16.6. The third-order valence-electron chi connectivity index (χ3n) is 0.641. The molecule has 0 spiro atoms. The summed E-state index contributed by atoms with van der Waals surface area (Å²) < 4.78 is 0. The SMILES string of the molecule is C1=CC[N]OC=C1.